The number of carboxylic acids is 1. The summed E-state index contributed by atoms with van der Waals surface area (Å²) in [4.78, 5) is 24.6. The monoisotopic (exact) mass is 342 g/mol. The maximum absolute atomic E-state index is 12.1. The number of carbonyl (C=O) groups is 2. The molecule has 1 saturated heterocycles. The van der Waals surface area contributed by atoms with Gasteiger partial charge in [0.05, 0.1) is 24.0 Å². The lowest BCUT2D eigenvalue weighted by Gasteiger charge is -2.31. The van der Waals surface area contributed by atoms with E-state index in [1.807, 2.05) is 6.92 Å². The standard InChI is InChI=1S/C13H15BrN2O4/c1-8-7-16(4-5-20-8)13(19)15-11-3-2-9(12(17)18)6-10(11)14/h2-3,6,8H,4-5,7H2,1H3,(H,15,19)(H,17,18). The first-order valence-electron chi connectivity index (χ1n) is 6.17. The number of anilines is 1. The molecule has 7 heteroatoms. The van der Waals surface area contributed by atoms with Crippen LogP contribution in [0.5, 0.6) is 0 Å². The summed E-state index contributed by atoms with van der Waals surface area (Å²) >= 11 is 3.26. The summed E-state index contributed by atoms with van der Waals surface area (Å²) in [6, 6.07) is 4.25. The lowest BCUT2D eigenvalue weighted by atomic mass is 10.2. The van der Waals surface area contributed by atoms with Gasteiger partial charge in [-0.3, -0.25) is 0 Å². The number of amides is 2. The minimum Gasteiger partial charge on any atom is -0.478 e. The molecule has 1 atom stereocenters. The minimum atomic E-state index is -1.01. The topological polar surface area (TPSA) is 78.9 Å². The first-order valence-corrected chi connectivity index (χ1v) is 6.97. The van der Waals surface area contributed by atoms with Gasteiger partial charge < -0.3 is 20.1 Å². The molecular weight excluding hydrogens is 328 g/mol. The SMILES string of the molecule is CC1CN(C(=O)Nc2ccc(C(=O)O)cc2Br)CCO1. The predicted octanol–water partition coefficient (Wildman–Crippen LogP) is 2.40. The molecule has 0 spiro atoms. The molecule has 1 fully saturated rings. The molecule has 0 radical (unpaired) electrons. The van der Waals surface area contributed by atoms with E-state index >= 15 is 0 Å². The van der Waals surface area contributed by atoms with Crippen LogP contribution in [0.1, 0.15) is 17.3 Å². The van der Waals surface area contributed by atoms with Crippen molar-refractivity contribution in [2.75, 3.05) is 25.0 Å². The van der Waals surface area contributed by atoms with Gasteiger partial charge in [0, 0.05) is 17.6 Å². The van der Waals surface area contributed by atoms with Crippen LogP contribution in [0.15, 0.2) is 22.7 Å². The van der Waals surface area contributed by atoms with Crippen LogP contribution in [0.25, 0.3) is 0 Å². The maximum Gasteiger partial charge on any atom is 0.335 e. The Kier molecular flexibility index (Phi) is 4.61. The zero-order chi connectivity index (χ0) is 14.7. The number of aromatic carboxylic acids is 1. The third-order valence-electron chi connectivity index (χ3n) is 2.99. The van der Waals surface area contributed by atoms with Gasteiger partial charge in [0.2, 0.25) is 0 Å². The van der Waals surface area contributed by atoms with Crippen LogP contribution in [-0.4, -0.2) is 47.8 Å². The lowest BCUT2D eigenvalue weighted by Crippen LogP contribution is -2.46. The minimum absolute atomic E-state index is 0.0207. The van der Waals surface area contributed by atoms with Gasteiger partial charge in [-0.2, -0.15) is 0 Å². The number of carboxylic acid groups (broad SMARTS) is 1. The summed E-state index contributed by atoms with van der Waals surface area (Å²) in [5.41, 5.74) is 0.703. The average Bonchev–Trinajstić information content (AvgIpc) is 2.40. The van der Waals surface area contributed by atoms with E-state index in [4.69, 9.17) is 9.84 Å². The molecule has 20 heavy (non-hydrogen) atoms. The van der Waals surface area contributed by atoms with Crippen molar-refractivity contribution in [2.45, 2.75) is 13.0 Å². The molecule has 2 rings (SSSR count). The van der Waals surface area contributed by atoms with Gasteiger partial charge in [0.25, 0.3) is 0 Å². The summed E-state index contributed by atoms with van der Waals surface area (Å²) in [6.07, 6.45) is 0.0207. The molecule has 1 aromatic carbocycles. The first-order chi connectivity index (χ1) is 9.47. The van der Waals surface area contributed by atoms with Crippen LogP contribution in [0.4, 0.5) is 10.5 Å². The third-order valence-corrected chi connectivity index (χ3v) is 3.64. The Labute approximate surface area is 124 Å². The fourth-order valence-corrected chi connectivity index (χ4v) is 2.42. The zero-order valence-corrected chi connectivity index (χ0v) is 12.5. The molecule has 1 unspecified atom stereocenters. The molecule has 1 heterocycles. The third kappa shape index (κ3) is 3.49. The fourth-order valence-electron chi connectivity index (χ4n) is 1.95. The van der Waals surface area contributed by atoms with Crippen LogP contribution < -0.4 is 5.32 Å². The van der Waals surface area contributed by atoms with Gasteiger partial charge in [0.15, 0.2) is 0 Å². The number of rotatable bonds is 2. The number of urea groups is 1. The van der Waals surface area contributed by atoms with Gasteiger partial charge >= 0.3 is 12.0 Å². The van der Waals surface area contributed by atoms with Gasteiger partial charge in [-0.1, -0.05) is 0 Å². The van der Waals surface area contributed by atoms with E-state index in [-0.39, 0.29) is 17.7 Å². The fraction of sp³-hybridized carbons (Fsp3) is 0.385. The van der Waals surface area contributed by atoms with Crippen molar-refractivity contribution in [3.8, 4) is 0 Å². The Balaban J connectivity index is 2.06. The molecule has 2 amide bonds. The van der Waals surface area contributed by atoms with Gasteiger partial charge in [-0.05, 0) is 41.1 Å². The Morgan fingerprint density at radius 3 is 2.85 bits per heavy atom. The summed E-state index contributed by atoms with van der Waals surface area (Å²) in [5, 5.41) is 11.6. The summed E-state index contributed by atoms with van der Waals surface area (Å²) in [7, 11) is 0. The van der Waals surface area contributed by atoms with Crippen molar-refractivity contribution in [3.63, 3.8) is 0 Å². The second kappa shape index (κ2) is 6.23. The summed E-state index contributed by atoms with van der Waals surface area (Å²) < 4.78 is 5.91. The molecule has 0 aliphatic carbocycles. The molecular formula is C13H15BrN2O4. The molecule has 1 aliphatic heterocycles. The molecule has 0 bridgehead atoms. The highest BCUT2D eigenvalue weighted by molar-refractivity contribution is 9.10. The Hall–Kier alpha value is -1.60. The second-order valence-electron chi connectivity index (χ2n) is 4.56. The van der Waals surface area contributed by atoms with E-state index in [2.05, 4.69) is 21.2 Å². The van der Waals surface area contributed by atoms with Crippen molar-refractivity contribution < 1.29 is 19.4 Å². The number of carbonyl (C=O) groups excluding carboxylic acids is 1. The van der Waals surface area contributed by atoms with Crippen LogP contribution in [0.2, 0.25) is 0 Å². The summed E-state index contributed by atoms with van der Waals surface area (Å²) in [5.74, 6) is -1.01. The van der Waals surface area contributed by atoms with E-state index in [1.54, 1.807) is 11.0 Å². The largest absolute Gasteiger partial charge is 0.478 e. The van der Waals surface area contributed by atoms with Crippen LogP contribution >= 0.6 is 15.9 Å². The van der Waals surface area contributed by atoms with Crippen molar-refractivity contribution >= 4 is 33.6 Å². The smallest absolute Gasteiger partial charge is 0.335 e. The highest BCUT2D eigenvalue weighted by Gasteiger charge is 2.21. The summed E-state index contributed by atoms with van der Waals surface area (Å²) in [6.45, 7) is 3.52. The Bertz CT molecular complexity index is 535. The molecule has 6 nitrogen and oxygen atoms in total. The van der Waals surface area contributed by atoms with Crippen molar-refractivity contribution in [2.24, 2.45) is 0 Å². The van der Waals surface area contributed by atoms with Crippen LogP contribution in [0.3, 0.4) is 0 Å². The van der Waals surface area contributed by atoms with Crippen molar-refractivity contribution in [3.05, 3.63) is 28.2 Å². The van der Waals surface area contributed by atoms with Gasteiger partial charge in [-0.15, -0.1) is 0 Å². The number of ether oxygens (including phenoxy) is 1. The highest BCUT2D eigenvalue weighted by atomic mass is 79.9. The number of halogens is 1. The Morgan fingerprint density at radius 2 is 2.25 bits per heavy atom. The first kappa shape index (κ1) is 14.8. The van der Waals surface area contributed by atoms with Crippen molar-refractivity contribution in [1.29, 1.82) is 0 Å². The van der Waals surface area contributed by atoms with Gasteiger partial charge in [-0.25, -0.2) is 9.59 Å². The zero-order valence-electron chi connectivity index (χ0n) is 10.9. The number of hydrogen-bond donors (Lipinski definition) is 2. The number of morpholine rings is 1. The number of nitrogens with zero attached hydrogens (tertiary/aromatic N) is 1. The molecule has 2 N–H and O–H groups in total. The normalized spacial score (nSPS) is 18.7. The van der Waals surface area contributed by atoms with E-state index in [9.17, 15) is 9.59 Å². The van der Waals surface area contributed by atoms with Crippen LogP contribution in [-0.2, 0) is 4.74 Å². The van der Waals surface area contributed by atoms with E-state index < -0.39 is 5.97 Å². The molecule has 1 aromatic rings. The molecule has 1 aliphatic rings. The van der Waals surface area contributed by atoms with E-state index in [0.29, 0.717) is 29.9 Å². The van der Waals surface area contributed by atoms with Crippen LogP contribution in [0, 0.1) is 0 Å². The highest BCUT2D eigenvalue weighted by Crippen LogP contribution is 2.24. The molecule has 0 saturated carbocycles. The number of benzene rings is 1. The average molecular weight is 343 g/mol. The quantitative estimate of drug-likeness (QED) is 0.864. The van der Waals surface area contributed by atoms with E-state index in [0.717, 1.165) is 0 Å². The lowest BCUT2D eigenvalue weighted by molar-refractivity contribution is -0.00138. The van der Waals surface area contributed by atoms with Crippen molar-refractivity contribution in [1.82, 2.24) is 4.90 Å². The predicted molar refractivity (Wildman–Crippen MR) is 77.1 cm³/mol. The molecule has 0 aromatic heterocycles. The maximum atomic E-state index is 12.1. The number of hydrogen-bond acceptors (Lipinski definition) is 3. The molecule has 108 valence electrons. The number of nitrogens with one attached hydrogen (secondary N) is 1. The Morgan fingerprint density at radius 1 is 1.50 bits per heavy atom. The second-order valence-corrected chi connectivity index (χ2v) is 5.41. The van der Waals surface area contributed by atoms with E-state index in [1.165, 1.54) is 12.1 Å². The van der Waals surface area contributed by atoms with Gasteiger partial charge in [0.1, 0.15) is 0 Å².